The standard InChI is InChI=1S/C14H24N3O.HI/c1-11-14(13(18)8-10-17(2,3)4)12-7-5-6-9-16(12)15-11;/h5-10H2,1-4H3;1H/q+1;/p-1. The molecule has 108 valence electrons. The first-order chi connectivity index (χ1) is 8.38. The first-order valence-electron chi connectivity index (χ1n) is 6.78. The van der Waals surface area contributed by atoms with Gasteiger partial charge in [-0.2, -0.15) is 5.10 Å². The van der Waals surface area contributed by atoms with Crippen LogP contribution in [0.15, 0.2) is 0 Å². The van der Waals surface area contributed by atoms with Crippen molar-refractivity contribution in [3.8, 4) is 0 Å². The molecule has 1 aromatic rings. The number of carbonyl (C=O) groups excluding carboxylic acids is 1. The summed E-state index contributed by atoms with van der Waals surface area (Å²) in [6.07, 6.45) is 3.98. The molecular weight excluding hydrogens is 353 g/mol. The van der Waals surface area contributed by atoms with Crippen molar-refractivity contribution < 1.29 is 33.3 Å². The lowest BCUT2D eigenvalue weighted by atomic mass is 10.0. The maximum Gasteiger partial charge on any atom is 0.172 e. The highest BCUT2D eigenvalue weighted by Crippen LogP contribution is 2.22. The van der Waals surface area contributed by atoms with Gasteiger partial charge >= 0.3 is 0 Å². The topological polar surface area (TPSA) is 34.9 Å². The van der Waals surface area contributed by atoms with Gasteiger partial charge in [-0.1, -0.05) is 0 Å². The minimum Gasteiger partial charge on any atom is -1.00 e. The predicted molar refractivity (Wildman–Crippen MR) is 71.7 cm³/mol. The van der Waals surface area contributed by atoms with Crippen LogP contribution in [0.1, 0.15) is 41.0 Å². The number of hydrogen-bond acceptors (Lipinski definition) is 2. The Bertz CT molecular complexity index is 460. The monoisotopic (exact) mass is 377 g/mol. The quantitative estimate of drug-likeness (QED) is 0.376. The van der Waals surface area contributed by atoms with Crippen LogP contribution in [0, 0.1) is 6.92 Å². The molecule has 0 atom stereocenters. The van der Waals surface area contributed by atoms with Crippen molar-refractivity contribution in [3.05, 3.63) is 17.0 Å². The molecule has 0 N–H and O–H groups in total. The van der Waals surface area contributed by atoms with Crippen LogP contribution in [0.2, 0.25) is 0 Å². The predicted octanol–water partition coefficient (Wildman–Crippen LogP) is -1.19. The Labute approximate surface area is 132 Å². The van der Waals surface area contributed by atoms with Crippen molar-refractivity contribution in [1.82, 2.24) is 9.78 Å². The molecule has 0 aliphatic carbocycles. The highest BCUT2D eigenvalue weighted by atomic mass is 127. The summed E-state index contributed by atoms with van der Waals surface area (Å²) in [7, 11) is 6.36. The van der Waals surface area contributed by atoms with Crippen molar-refractivity contribution >= 4 is 5.78 Å². The van der Waals surface area contributed by atoms with Gasteiger partial charge in [0.2, 0.25) is 0 Å². The van der Waals surface area contributed by atoms with Crippen molar-refractivity contribution in [1.29, 1.82) is 0 Å². The van der Waals surface area contributed by atoms with E-state index >= 15 is 0 Å². The lowest BCUT2D eigenvalue weighted by Gasteiger charge is -2.23. The number of nitrogens with zero attached hydrogens (tertiary/aromatic N) is 3. The van der Waals surface area contributed by atoms with E-state index in [9.17, 15) is 4.79 Å². The molecule has 0 amide bonds. The average molecular weight is 377 g/mol. The second-order valence-corrected chi connectivity index (χ2v) is 6.27. The van der Waals surface area contributed by atoms with Crippen LogP contribution in [0.4, 0.5) is 0 Å². The molecule has 5 heteroatoms. The summed E-state index contributed by atoms with van der Waals surface area (Å²) >= 11 is 0. The van der Waals surface area contributed by atoms with Gasteiger partial charge in [0, 0.05) is 12.2 Å². The molecule has 1 aliphatic rings. The molecule has 19 heavy (non-hydrogen) atoms. The van der Waals surface area contributed by atoms with E-state index in [1.54, 1.807) is 0 Å². The number of carbonyl (C=O) groups is 1. The van der Waals surface area contributed by atoms with Crippen molar-refractivity contribution in [2.75, 3.05) is 27.7 Å². The Hall–Kier alpha value is -0.430. The second-order valence-electron chi connectivity index (χ2n) is 6.27. The zero-order valence-electron chi connectivity index (χ0n) is 12.4. The number of aryl methyl sites for hydroxylation is 2. The van der Waals surface area contributed by atoms with E-state index in [0.29, 0.717) is 6.42 Å². The fraction of sp³-hybridized carbons (Fsp3) is 0.714. The first kappa shape index (κ1) is 16.6. The molecule has 4 nitrogen and oxygen atoms in total. The van der Waals surface area contributed by atoms with E-state index in [-0.39, 0.29) is 29.8 Å². The molecule has 2 rings (SSSR count). The fourth-order valence-corrected chi connectivity index (χ4v) is 2.55. The highest BCUT2D eigenvalue weighted by molar-refractivity contribution is 5.98. The number of fused-ring (bicyclic) bond motifs is 1. The lowest BCUT2D eigenvalue weighted by Crippen LogP contribution is -3.00. The minimum atomic E-state index is 0. The Kier molecular flexibility index (Phi) is 5.55. The molecule has 0 saturated heterocycles. The maximum atomic E-state index is 12.4. The first-order valence-corrected chi connectivity index (χ1v) is 6.78. The summed E-state index contributed by atoms with van der Waals surface area (Å²) in [6, 6.07) is 0. The smallest absolute Gasteiger partial charge is 0.172 e. The Morgan fingerprint density at radius 2 is 2.00 bits per heavy atom. The molecule has 1 aliphatic heterocycles. The zero-order valence-corrected chi connectivity index (χ0v) is 14.5. The summed E-state index contributed by atoms with van der Waals surface area (Å²) in [5.41, 5.74) is 2.99. The van der Waals surface area contributed by atoms with Gasteiger partial charge in [-0.05, 0) is 26.2 Å². The van der Waals surface area contributed by atoms with Gasteiger partial charge in [0.25, 0.3) is 0 Å². The highest BCUT2D eigenvalue weighted by Gasteiger charge is 2.24. The van der Waals surface area contributed by atoms with Gasteiger partial charge in [-0.25, -0.2) is 0 Å². The van der Waals surface area contributed by atoms with Gasteiger partial charge in [0.1, 0.15) is 0 Å². The number of quaternary nitrogens is 1. The van der Waals surface area contributed by atoms with Gasteiger partial charge in [-0.15, -0.1) is 0 Å². The van der Waals surface area contributed by atoms with E-state index in [0.717, 1.165) is 35.3 Å². The molecule has 1 aromatic heterocycles. The van der Waals surface area contributed by atoms with Crippen LogP contribution in [0.25, 0.3) is 0 Å². The molecular formula is C14H24IN3O. The largest absolute Gasteiger partial charge is 1.00 e. The van der Waals surface area contributed by atoms with Crippen molar-refractivity contribution in [3.63, 3.8) is 0 Å². The minimum absolute atomic E-state index is 0. The molecule has 0 fully saturated rings. The molecule has 0 saturated carbocycles. The van der Waals surface area contributed by atoms with Gasteiger partial charge in [0.15, 0.2) is 5.78 Å². The fourth-order valence-electron chi connectivity index (χ4n) is 2.55. The molecule has 0 radical (unpaired) electrons. The number of aromatic nitrogens is 2. The van der Waals surface area contributed by atoms with E-state index in [1.807, 2.05) is 11.6 Å². The van der Waals surface area contributed by atoms with Crippen LogP contribution < -0.4 is 24.0 Å². The summed E-state index contributed by atoms with van der Waals surface area (Å²) in [6.45, 7) is 3.81. The van der Waals surface area contributed by atoms with Gasteiger partial charge in [-0.3, -0.25) is 9.48 Å². The van der Waals surface area contributed by atoms with E-state index in [2.05, 4.69) is 26.2 Å². The van der Waals surface area contributed by atoms with E-state index in [1.165, 1.54) is 18.5 Å². The van der Waals surface area contributed by atoms with E-state index < -0.39 is 0 Å². The summed E-state index contributed by atoms with van der Waals surface area (Å²) in [4.78, 5) is 12.4. The van der Waals surface area contributed by atoms with Crippen molar-refractivity contribution in [2.24, 2.45) is 0 Å². The Balaban J connectivity index is 0.00000180. The number of halogens is 1. The number of rotatable bonds is 4. The molecule has 0 aromatic carbocycles. The molecule has 0 spiro atoms. The normalized spacial score (nSPS) is 14.7. The third-order valence-corrected chi connectivity index (χ3v) is 3.55. The molecule has 0 unspecified atom stereocenters. The number of Topliss-reactive ketones (excluding diaryl/α,β-unsaturated/α-hetero) is 1. The Morgan fingerprint density at radius 3 is 2.63 bits per heavy atom. The molecule has 2 heterocycles. The van der Waals surface area contributed by atoms with Crippen LogP contribution in [-0.2, 0) is 13.0 Å². The number of ketones is 1. The SMILES string of the molecule is Cc1nn2c(c1C(=O)CC[N+](C)(C)C)CCCC2.[I-]. The maximum absolute atomic E-state index is 12.4. The summed E-state index contributed by atoms with van der Waals surface area (Å²) in [5, 5.41) is 4.51. The average Bonchev–Trinajstić information content (AvgIpc) is 2.61. The van der Waals surface area contributed by atoms with Gasteiger partial charge in [0.05, 0.1) is 45.4 Å². The summed E-state index contributed by atoms with van der Waals surface area (Å²) < 4.78 is 2.87. The molecule has 0 bridgehead atoms. The van der Waals surface area contributed by atoms with Crippen LogP contribution >= 0.6 is 0 Å². The lowest BCUT2D eigenvalue weighted by molar-refractivity contribution is -0.869. The van der Waals surface area contributed by atoms with Crippen molar-refractivity contribution in [2.45, 2.75) is 39.2 Å². The third kappa shape index (κ3) is 4.02. The van der Waals surface area contributed by atoms with E-state index in [4.69, 9.17) is 0 Å². The third-order valence-electron chi connectivity index (χ3n) is 3.55. The van der Waals surface area contributed by atoms with Crippen LogP contribution in [0.5, 0.6) is 0 Å². The van der Waals surface area contributed by atoms with Crippen LogP contribution in [-0.4, -0.2) is 47.7 Å². The van der Waals surface area contributed by atoms with Crippen LogP contribution in [0.3, 0.4) is 0 Å². The second kappa shape index (κ2) is 6.35. The van der Waals surface area contributed by atoms with Gasteiger partial charge < -0.3 is 28.5 Å². The Morgan fingerprint density at radius 1 is 1.32 bits per heavy atom. The zero-order chi connectivity index (χ0) is 13.3. The summed E-state index contributed by atoms with van der Waals surface area (Å²) in [5.74, 6) is 0.267. The number of hydrogen-bond donors (Lipinski definition) is 0.